The van der Waals surface area contributed by atoms with E-state index in [1.165, 1.54) is 14.2 Å². The average Bonchev–Trinajstić information content (AvgIpc) is 4.05. The van der Waals surface area contributed by atoms with Gasteiger partial charge in [0.2, 0.25) is 17.2 Å². The van der Waals surface area contributed by atoms with Gasteiger partial charge in [-0.05, 0) is 80.3 Å². The Kier molecular flexibility index (Phi) is 11.3. The van der Waals surface area contributed by atoms with Crippen LogP contribution in [0, 0.1) is 18.8 Å². The number of nitrogens with zero attached hydrogens (tertiary/aromatic N) is 4. The number of aromatic nitrogens is 4. The van der Waals surface area contributed by atoms with Gasteiger partial charge in [0.1, 0.15) is 34.9 Å². The Hall–Kier alpha value is -6.19. The van der Waals surface area contributed by atoms with Crippen LogP contribution in [0.2, 0.25) is 0 Å². The number of benzene rings is 2. The molecule has 0 unspecified atom stereocenters. The third-order valence-corrected chi connectivity index (χ3v) is 11.3. The maximum atomic E-state index is 14.0. The van der Waals surface area contributed by atoms with Gasteiger partial charge in [-0.2, -0.15) is 0 Å². The molecule has 0 aliphatic carbocycles. The molecular weight excluding hydrogens is 745 g/mol. The summed E-state index contributed by atoms with van der Waals surface area (Å²) in [5.74, 6) is 0.582. The smallest absolute Gasteiger partial charge is 0.407 e. The fraction of sp³-hybridized carbons (Fsp3) is 0.452. The maximum absolute atomic E-state index is 14.0. The van der Waals surface area contributed by atoms with Crippen LogP contribution in [0.4, 0.5) is 9.59 Å². The second-order valence-corrected chi connectivity index (χ2v) is 15.8. The zero-order chi connectivity index (χ0) is 41.4. The molecule has 4 amide bonds. The first-order chi connectivity index (χ1) is 27.8. The number of carbonyl (C=O) groups excluding carboxylic acids is 4. The molecule has 0 radical (unpaired) electrons. The summed E-state index contributed by atoms with van der Waals surface area (Å²) in [5.41, 5.74) is 4.45. The van der Waals surface area contributed by atoms with Crippen molar-refractivity contribution < 1.29 is 33.1 Å². The standard InChI is InChI=1S/C42H50N8O8/c1-21(2)34(47-41(54)56-6)39(52)49-14-8-10-30(49)37-43-19-28(45-37)24-12-13-32-27(17-24)36(51)26-16-23(5)25(18-33(26)58-32)29-20-44-38(46-29)31-11-9-15-50(31)40(53)35(22(3)4)48-42(55)57-7/h12-13,16-22,30-31,34-35H,8-11,14-15H2,1-7H3,(H,43,45)(H,44,46)(H,47,54)(H,48,55)/t30-,31-,34-,35-/m0/s1. The molecule has 3 aromatic heterocycles. The van der Waals surface area contributed by atoms with Crippen LogP contribution in [0.1, 0.15) is 82.7 Å². The zero-order valence-electron chi connectivity index (χ0n) is 33.8. The van der Waals surface area contributed by atoms with E-state index in [4.69, 9.17) is 13.9 Å². The van der Waals surface area contributed by atoms with Crippen molar-refractivity contribution in [3.63, 3.8) is 0 Å². The Morgan fingerprint density at radius 1 is 0.759 bits per heavy atom. The number of fused-ring (bicyclic) bond motifs is 2. The molecule has 16 nitrogen and oxygen atoms in total. The largest absolute Gasteiger partial charge is 0.456 e. The van der Waals surface area contributed by atoms with Crippen molar-refractivity contribution in [2.24, 2.45) is 11.8 Å². The van der Waals surface area contributed by atoms with Gasteiger partial charge >= 0.3 is 12.2 Å². The fourth-order valence-electron chi connectivity index (χ4n) is 8.15. The highest BCUT2D eigenvalue weighted by Gasteiger charge is 2.39. The quantitative estimate of drug-likeness (QED) is 0.119. The third kappa shape index (κ3) is 7.62. The van der Waals surface area contributed by atoms with Crippen molar-refractivity contribution in [3.8, 4) is 22.5 Å². The minimum absolute atomic E-state index is 0.148. The Morgan fingerprint density at radius 3 is 1.81 bits per heavy atom. The molecule has 5 heterocycles. The molecule has 4 N–H and O–H groups in total. The van der Waals surface area contributed by atoms with Gasteiger partial charge < -0.3 is 44.3 Å². The molecule has 2 aliphatic heterocycles. The maximum Gasteiger partial charge on any atom is 0.407 e. The van der Waals surface area contributed by atoms with Gasteiger partial charge in [-0.1, -0.05) is 27.7 Å². The van der Waals surface area contributed by atoms with Gasteiger partial charge in [-0.3, -0.25) is 14.4 Å². The molecule has 2 fully saturated rings. The molecule has 0 saturated carbocycles. The Morgan fingerprint density at radius 2 is 1.28 bits per heavy atom. The first-order valence-electron chi connectivity index (χ1n) is 19.7. The summed E-state index contributed by atoms with van der Waals surface area (Å²) in [6, 6.07) is 6.99. The second kappa shape index (κ2) is 16.3. The van der Waals surface area contributed by atoms with E-state index in [0.29, 0.717) is 58.8 Å². The zero-order valence-corrected chi connectivity index (χ0v) is 33.8. The molecule has 4 atom stereocenters. The van der Waals surface area contributed by atoms with Crippen molar-refractivity contribution in [3.05, 3.63) is 70.2 Å². The number of aryl methyl sites for hydroxylation is 1. The molecule has 0 spiro atoms. The van der Waals surface area contributed by atoms with Crippen molar-refractivity contribution in [2.75, 3.05) is 27.3 Å². The molecule has 5 aromatic rings. The average molecular weight is 795 g/mol. The minimum atomic E-state index is -0.740. The number of imidazole rings is 2. The molecular formula is C42H50N8O8. The lowest BCUT2D eigenvalue weighted by Gasteiger charge is -2.30. The van der Waals surface area contributed by atoms with Crippen molar-refractivity contribution in [1.82, 2.24) is 40.4 Å². The number of likely N-dealkylation sites (tertiary alicyclic amines) is 2. The van der Waals surface area contributed by atoms with Crippen LogP contribution in [0.15, 0.2) is 51.9 Å². The van der Waals surface area contributed by atoms with E-state index in [0.717, 1.165) is 41.6 Å². The number of hydrogen-bond donors (Lipinski definition) is 4. The highest BCUT2D eigenvalue weighted by atomic mass is 16.5. The number of H-pyrrole nitrogens is 2. The molecule has 16 heteroatoms. The predicted octanol–water partition coefficient (Wildman–Crippen LogP) is 6.12. The second-order valence-electron chi connectivity index (χ2n) is 15.8. The number of hydrogen-bond acceptors (Lipinski definition) is 10. The number of methoxy groups -OCH3 is 2. The fourth-order valence-corrected chi connectivity index (χ4v) is 8.15. The van der Waals surface area contributed by atoms with E-state index in [9.17, 15) is 24.0 Å². The van der Waals surface area contributed by atoms with Gasteiger partial charge in [0, 0.05) is 24.2 Å². The summed E-state index contributed by atoms with van der Waals surface area (Å²) in [5, 5.41) is 6.20. The van der Waals surface area contributed by atoms with E-state index < -0.39 is 24.3 Å². The lowest BCUT2D eigenvalue weighted by Crippen LogP contribution is -2.51. The summed E-state index contributed by atoms with van der Waals surface area (Å²) >= 11 is 0. The number of aromatic amines is 2. The van der Waals surface area contributed by atoms with E-state index in [-0.39, 0.29) is 41.2 Å². The van der Waals surface area contributed by atoms with E-state index in [1.54, 1.807) is 34.3 Å². The number of amides is 4. The summed E-state index contributed by atoms with van der Waals surface area (Å²) in [6.07, 6.45) is 5.13. The van der Waals surface area contributed by atoms with E-state index >= 15 is 0 Å². The van der Waals surface area contributed by atoms with Crippen LogP contribution in [0.5, 0.6) is 0 Å². The lowest BCUT2D eigenvalue weighted by molar-refractivity contribution is -0.136. The van der Waals surface area contributed by atoms with Gasteiger partial charge in [0.15, 0.2) is 0 Å². The molecule has 7 rings (SSSR count). The number of rotatable bonds is 10. The summed E-state index contributed by atoms with van der Waals surface area (Å²) < 4.78 is 15.9. The van der Waals surface area contributed by atoms with Crippen molar-refractivity contribution in [2.45, 2.75) is 84.5 Å². The lowest BCUT2D eigenvalue weighted by atomic mass is 10.0. The monoisotopic (exact) mass is 794 g/mol. The minimum Gasteiger partial charge on any atom is -0.456 e. The van der Waals surface area contributed by atoms with Crippen LogP contribution >= 0.6 is 0 Å². The van der Waals surface area contributed by atoms with E-state index in [1.807, 2.05) is 52.8 Å². The van der Waals surface area contributed by atoms with Crippen LogP contribution in [0.3, 0.4) is 0 Å². The normalized spacial score (nSPS) is 17.9. The first-order valence-corrected chi connectivity index (χ1v) is 19.7. The van der Waals surface area contributed by atoms with Crippen molar-refractivity contribution in [1.29, 1.82) is 0 Å². The van der Waals surface area contributed by atoms with Gasteiger partial charge in [-0.25, -0.2) is 19.6 Å². The molecule has 2 aromatic carbocycles. The van der Waals surface area contributed by atoms with Gasteiger partial charge in [-0.15, -0.1) is 0 Å². The number of carbonyl (C=O) groups is 4. The van der Waals surface area contributed by atoms with Crippen molar-refractivity contribution >= 4 is 45.9 Å². The Labute approximate surface area is 335 Å². The Bertz CT molecular complexity index is 2430. The molecule has 58 heavy (non-hydrogen) atoms. The summed E-state index contributed by atoms with van der Waals surface area (Å²) in [4.78, 5) is 84.9. The van der Waals surface area contributed by atoms with Gasteiger partial charge in [0.05, 0.1) is 60.9 Å². The Balaban J connectivity index is 1.13. The number of alkyl carbamates (subject to hydrolysis) is 2. The molecule has 0 bridgehead atoms. The van der Waals surface area contributed by atoms with E-state index in [2.05, 4.69) is 30.6 Å². The van der Waals surface area contributed by atoms with Crippen LogP contribution in [-0.4, -0.2) is 93.1 Å². The molecule has 2 saturated heterocycles. The van der Waals surface area contributed by atoms with Crippen LogP contribution < -0.4 is 16.1 Å². The van der Waals surface area contributed by atoms with Crippen LogP contribution in [0.25, 0.3) is 44.5 Å². The third-order valence-electron chi connectivity index (χ3n) is 11.3. The highest BCUT2D eigenvalue weighted by molar-refractivity contribution is 5.94. The number of nitrogens with one attached hydrogen (secondary N) is 4. The highest BCUT2D eigenvalue weighted by Crippen LogP contribution is 2.36. The number of ether oxygens (including phenoxy) is 2. The van der Waals surface area contributed by atoms with Crippen LogP contribution in [-0.2, 0) is 19.1 Å². The molecule has 2 aliphatic rings. The molecule has 306 valence electrons. The first kappa shape index (κ1) is 40.0. The summed E-state index contributed by atoms with van der Waals surface area (Å²) in [6.45, 7) is 10.5. The SMILES string of the molecule is COC(=O)N[C@H](C(=O)N1CCC[C@H]1c1ncc(-c2ccc3oc4cc(-c5cnc([C@@H]6CCCN6C(=O)[C@@H](NC(=O)OC)C(C)C)[nH]5)c(C)cc4c(=O)c3c2)[nH]1)C(C)C. The van der Waals surface area contributed by atoms with Gasteiger partial charge in [0.25, 0.3) is 0 Å². The summed E-state index contributed by atoms with van der Waals surface area (Å²) in [7, 11) is 2.54. The predicted molar refractivity (Wildman–Crippen MR) is 216 cm³/mol. The topological polar surface area (TPSA) is 205 Å².